The Morgan fingerprint density at radius 3 is 2.61 bits per heavy atom. The SMILES string of the molecule is O=C(/C=C/c1cccc(Cl)c1Cl)N1CCCCC1. The molecule has 0 unspecified atom stereocenters. The summed E-state index contributed by atoms with van der Waals surface area (Å²) in [6.07, 6.45) is 6.70. The molecule has 0 spiro atoms. The first-order chi connectivity index (χ1) is 8.68. The van der Waals surface area contributed by atoms with E-state index in [-0.39, 0.29) is 5.91 Å². The van der Waals surface area contributed by atoms with Gasteiger partial charge < -0.3 is 4.90 Å². The van der Waals surface area contributed by atoms with E-state index in [0.29, 0.717) is 10.0 Å². The quantitative estimate of drug-likeness (QED) is 0.751. The molecule has 96 valence electrons. The number of hydrogen-bond donors (Lipinski definition) is 0. The highest BCUT2D eigenvalue weighted by Gasteiger charge is 2.13. The van der Waals surface area contributed by atoms with Crippen molar-refractivity contribution in [3.8, 4) is 0 Å². The lowest BCUT2D eigenvalue weighted by atomic mass is 10.1. The Hall–Kier alpha value is -0.990. The fourth-order valence-corrected chi connectivity index (χ4v) is 2.40. The zero-order valence-corrected chi connectivity index (χ0v) is 11.5. The second-order valence-electron chi connectivity index (χ2n) is 4.36. The lowest BCUT2D eigenvalue weighted by Gasteiger charge is -2.25. The van der Waals surface area contributed by atoms with Crippen molar-refractivity contribution in [2.45, 2.75) is 19.3 Å². The van der Waals surface area contributed by atoms with Crippen LogP contribution in [0.25, 0.3) is 6.08 Å². The van der Waals surface area contributed by atoms with Crippen LogP contribution in [0, 0.1) is 0 Å². The van der Waals surface area contributed by atoms with E-state index in [0.717, 1.165) is 31.5 Å². The van der Waals surface area contributed by atoms with Crippen LogP contribution in [0.1, 0.15) is 24.8 Å². The summed E-state index contributed by atoms with van der Waals surface area (Å²) >= 11 is 12.0. The van der Waals surface area contributed by atoms with Crippen molar-refractivity contribution in [3.63, 3.8) is 0 Å². The summed E-state index contributed by atoms with van der Waals surface area (Å²) in [5, 5.41) is 0.992. The van der Waals surface area contributed by atoms with Crippen molar-refractivity contribution in [1.82, 2.24) is 4.90 Å². The molecule has 0 aliphatic carbocycles. The van der Waals surface area contributed by atoms with E-state index in [4.69, 9.17) is 23.2 Å². The van der Waals surface area contributed by atoms with E-state index < -0.39 is 0 Å². The number of amides is 1. The van der Waals surface area contributed by atoms with Crippen molar-refractivity contribution in [3.05, 3.63) is 39.9 Å². The molecule has 0 aromatic heterocycles. The number of halogens is 2. The van der Waals surface area contributed by atoms with Gasteiger partial charge in [-0.05, 0) is 37.0 Å². The van der Waals surface area contributed by atoms with Crippen molar-refractivity contribution < 1.29 is 4.79 Å². The zero-order valence-electron chi connectivity index (χ0n) is 10.0. The number of benzene rings is 1. The number of nitrogens with zero attached hydrogens (tertiary/aromatic N) is 1. The highest BCUT2D eigenvalue weighted by Crippen LogP contribution is 2.26. The molecule has 0 atom stereocenters. The Kier molecular flexibility index (Phi) is 4.67. The van der Waals surface area contributed by atoms with Gasteiger partial charge in [0.2, 0.25) is 5.91 Å². The first-order valence-electron chi connectivity index (χ1n) is 6.09. The minimum absolute atomic E-state index is 0.0470. The largest absolute Gasteiger partial charge is 0.339 e. The molecule has 2 rings (SSSR count). The summed E-state index contributed by atoms with van der Waals surface area (Å²) in [4.78, 5) is 13.8. The average Bonchev–Trinajstić information content (AvgIpc) is 2.41. The van der Waals surface area contributed by atoms with Gasteiger partial charge in [-0.1, -0.05) is 35.3 Å². The summed E-state index contributed by atoms with van der Waals surface area (Å²) in [5.74, 6) is 0.0470. The molecule has 0 N–H and O–H groups in total. The van der Waals surface area contributed by atoms with Gasteiger partial charge in [0.25, 0.3) is 0 Å². The molecule has 1 aliphatic heterocycles. The highest BCUT2D eigenvalue weighted by atomic mass is 35.5. The Morgan fingerprint density at radius 2 is 1.89 bits per heavy atom. The fraction of sp³-hybridized carbons (Fsp3) is 0.357. The van der Waals surface area contributed by atoms with Crippen LogP contribution in [0.4, 0.5) is 0 Å². The number of carbonyl (C=O) groups is 1. The Balaban J connectivity index is 2.05. The predicted molar refractivity (Wildman–Crippen MR) is 75.9 cm³/mol. The van der Waals surface area contributed by atoms with E-state index in [9.17, 15) is 4.79 Å². The fourth-order valence-electron chi connectivity index (χ4n) is 2.03. The maximum atomic E-state index is 11.9. The van der Waals surface area contributed by atoms with Crippen LogP contribution in [-0.4, -0.2) is 23.9 Å². The second-order valence-corrected chi connectivity index (χ2v) is 5.15. The molecule has 4 heteroatoms. The topological polar surface area (TPSA) is 20.3 Å². The number of rotatable bonds is 2. The van der Waals surface area contributed by atoms with Gasteiger partial charge in [0, 0.05) is 19.2 Å². The van der Waals surface area contributed by atoms with E-state index in [1.807, 2.05) is 17.0 Å². The van der Waals surface area contributed by atoms with Crippen LogP contribution < -0.4 is 0 Å². The van der Waals surface area contributed by atoms with Gasteiger partial charge in [0.1, 0.15) is 0 Å². The Labute approximate surface area is 117 Å². The molecule has 0 radical (unpaired) electrons. The van der Waals surface area contributed by atoms with Crippen molar-refractivity contribution in [2.75, 3.05) is 13.1 Å². The van der Waals surface area contributed by atoms with Gasteiger partial charge in [-0.25, -0.2) is 0 Å². The lowest BCUT2D eigenvalue weighted by molar-refractivity contribution is -0.126. The lowest BCUT2D eigenvalue weighted by Crippen LogP contribution is -2.34. The molecule has 0 bridgehead atoms. The number of carbonyl (C=O) groups excluding carboxylic acids is 1. The highest BCUT2D eigenvalue weighted by molar-refractivity contribution is 6.42. The maximum Gasteiger partial charge on any atom is 0.246 e. The van der Waals surface area contributed by atoms with Crippen LogP contribution in [0.5, 0.6) is 0 Å². The van der Waals surface area contributed by atoms with E-state index in [2.05, 4.69) is 0 Å². The van der Waals surface area contributed by atoms with Crippen LogP contribution in [0.3, 0.4) is 0 Å². The summed E-state index contributed by atoms with van der Waals surface area (Å²) in [7, 11) is 0. The van der Waals surface area contributed by atoms with E-state index >= 15 is 0 Å². The van der Waals surface area contributed by atoms with Gasteiger partial charge in [0.15, 0.2) is 0 Å². The number of hydrogen-bond acceptors (Lipinski definition) is 1. The third kappa shape index (κ3) is 3.27. The minimum atomic E-state index is 0.0470. The predicted octanol–water partition coefficient (Wildman–Crippen LogP) is 4.02. The normalized spacial score (nSPS) is 16.2. The van der Waals surface area contributed by atoms with Gasteiger partial charge >= 0.3 is 0 Å². The van der Waals surface area contributed by atoms with Crippen LogP contribution >= 0.6 is 23.2 Å². The Morgan fingerprint density at radius 1 is 1.17 bits per heavy atom. The Bertz CT molecular complexity index is 465. The summed E-state index contributed by atoms with van der Waals surface area (Å²) in [6, 6.07) is 5.39. The van der Waals surface area contributed by atoms with E-state index in [1.54, 1.807) is 18.2 Å². The summed E-state index contributed by atoms with van der Waals surface area (Å²) in [5.41, 5.74) is 0.773. The molecule has 2 nitrogen and oxygen atoms in total. The maximum absolute atomic E-state index is 11.9. The summed E-state index contributed by atoms with van der Waals surface area (Å²) in [6.45, 7) is 1.71. The van der Waals surface area contributed by atoms with Crippen molar-refractivity contribution in [1.29, 1.82) is 0 Å². The van der Waals surface area contributed by atoms with Crippen molar-refractivity contribution >= 4 is 35.2 Å². The van der Waals surface area contributed by atoms with E-state index in [1.165, 1.54) is 6.42 Å². The molecule has 18 heavy (non-hydrogen) atoms. The smallest absolute Gasteiger partial charge is 0.246 e. The van der Waals surface area contributed by atoms with Gasteiger partial charge in [-0.15, -0.1) is 0 Å². The first kappa shape index (κ1) is 13.4. The average molecular weight is 284 g/mol. The van der Waals surface area contributed by atoms with Gasteiger partial charge in [-0.2, -0.15) is 0 Å². The second kappa shape index (κ2) is 6.26. The molecular weight excluding hydrogens is 269 g/mol. The third-order valence-corrected chi connectivity index (χ3v) is 3.89. The molecule has 1 aromatic rings. The van der Waals surface area contributed by atoms with Crippen LogP contribution in [0.2, 0.25) is 10.0 Å². The summed E-state index contributed by atoms with van der Waals surface area (Å²) < 4.78 is 0. The molecular formula is C14H15Cl2NO. The third-order valence-electron chi connectivity index (χ3n) is 3.05. The van der Waals surface area contributed by atoms with Crippen LogP contribution in [-0.2, 0) is 4.79 Å². The molecule has 1 aliphatic rings. The first-order valence-corrected chi connectivity index (χ1v) is 6.85. The van der Waals surface area contributed by atoms with Crippen LogP contribution in [0.15, 0.2) is 24.3 Å². The molecule has 1 heterocycles. The van der Waals surface area contributed by atoms with Crippen molar-refractivity contribution in [2.24, 2.45) is 0 Å². The monoisotopic (exact) mass is 283 g/mol. The minimum Gasteiger partial charge on any atom is -0.339 e. The zero-order chi connectivity index (χ0) is 13.0. The van der Waals surface area contributed by atoms with Gasteiger partial charge in [0.05, 0.1) is 10.0 Å². The number of piperidine rings is 1. The molecule has 1 saturated heterocycles. The van der Waals surface area contributed by atoms with Gasteiger partial charge in [-0.3, -0.25) is 4.79 Å². The number of likely N-dealkylation sites (tertiary alicyclic amines) is 1. The molecule has 1 fully saturated rings. The molecule has 1 aromatic carbocycles. The molecule has 0 saturated carbocycles. The molecule has 1 amide bonds. The standard InChI is InChI=1S/C14H15Cl2NO/c15-12-6-4-5-11(14(12)16)7-8-13(18)17-9-2-1-3-10-17/h4-8H,1-3,9-10H2/b8-7+.